The summed E-state index contributed by atoms with van der Waals surface area (Å²) in [6.45, 7) is 7.02. The third-order valence-corrected chi connectivity index (χ3v) is 6.34. The van der Waals surface area contributed by atoms with Gasteiger partial charge in [-0.1, -0.05) is 143 Å². The molecule has 0 aliphatic rings. The Morgan fingerprint density at radius 3 is 1.28 bits per heavy atom. The molecule has 0 aromatic rings. The van der Waals surface area contributed by atoms with Crippen LogP contribution in [-0.2, 0) is 0 Å². The minimum absolute atomic E-state index is 0.867. The van der Waals surface area contributed by atoms with E-state index in [0.29, 0.717) is 0 Å². The molecule has 0 aliphatic carbocycles. The first-order valence-electron chi connectivity index (χ1n) is 13.8. The van der Waals surface area contributed by atoms with Gasteiger partial charge in [-0.2, -0.15) is 0 Å². The lowest BCUT2D eigenvalue weighted by Crippen LogP contribution is -1.94. The highest BCUT2D eigenvalue weighted by Gasteiger charge is 2.01. The molecule has 29 heavy (non-hydrogen) atoms. The molecule has 0 aromatic carbocycles. The maximum Gasteiger partial charge on any atom is 0.00912 e. The third kappa shape index (κ3) is 25.5. The molecular weight excluding hydrogens is 348 g/mol. The van der Waals surface area contributed by atoms with Gasteiger partial charge in [-0.25, -0.2) is 0 Å². The first kappa shape index (κ1) is 28.6. The standard InChI is InChI=1S/C29H56/c1-4-6-8-10-12-14-16-17-18-20-22-24-26-28-29(3)27-25-23-21-19-15-13-11-9-7-5-2/h29H,4-21,23,25-28H2,1-3H3. The van der Waals surface area contributed by atoms with Crippen molar-refractivity contribution in [3.63, 3.8) is 0 Å². The van der Waals surface area contributed by atoms with E-state index in [1.165, 1.54) is 135 Å². The van der Waals surface area contributed by atoms with Gasteiger partial charge in [0.15, 0.2) is 0 Å². The van der Waals surface area contributed by atoms with E-state index in [-0.39, 0.29) is 0 Å². The van der Waals surface area contributed by atoms with Crippen LogP contribution in [-0.4, -0.2) is 0 Å². The molecule has 0 aliphatic heterocycles. The number of hydrogen-bond donors (Lipinski definition) is 0. The molecule has 0 fully saturated rings. The second-order valence-electron chi connectivity index (χ2n) is 9.55. The summed E-state index contributed by atoms with van der Waals surface area (Å²) in [5.41, 5.74) is 0. The summed E-state index contributed by atoms with van der Waals surface area (Å²) in [5, 5.41) is 0. The van der Waals surface area contributed by atoms with Crippen molar-refractivity contribution >= 4 is 0 Å². The number of hydrogen-bond acceptors (Lipinski definition) is 0. The van der Waals surface area contributed by atoms with Crippen molar-refractivity contribution in [2.45, 2.75) is 168 Å². The minimum atomic E-state index is 0.867. The van der Waals surface area contributed by atoms with Gasteiger partial charge in [0.25, 0.3) is 0 Å². The Morgan fingerprint density at radius 2 is 0.793 bits per heavy atom. The van der Waals surface area contributed by atoms with Gasteiger partial charge in [-0.3, -0.25) is 0 Å². The summed E-state index contributed by atoms with van der Waals surface area (Å²) in [4.78, 5) is 0. The SMILES string of the molecule is CCCCCCCCCCCC#CCCC(C)CCCCCCCCCCCC. The van der Waals surface area contributed by atoms with Crippen molar-refractivity contribution in [3.8, 4) is 11.8 Å². The van der Waals surface area contributed by atoms with Crippen LogP contribution in [0.15, 0.2) is 0 Å². The number of rotatable bonds is 22. The van der Waals surface area contributed by atoms with Gasteiger partial charge in [0.05, 0.1) is 0 Å². The monoisotopic (exact) mass is 404 g/mol. The molecular formula is C29H56. The molecule has 0 radical (unpaired) electrons. The van der Waals surface area contributed by atoms with Crippen molar-refractivity contribution in [1.82, 2.24) is 0 Å². The average Bonchev–Trinajstić information content (AvgIpc) is 2.72. The van der Waals surface area contributed by atoms with E-state index < -0.39 is 0 Å². The van der Waals surface area contributed by atoms with Crippen LogP contribution in [0.1, 0.15) is 168 Å². The van der Waals surface area contributed by atoms with Crippen LogP contribution in [0.2, 0.25) is 0 Å². The Hall–Kier alpha value is -0.440. The first-order valence-corrected chi connectivity index (χ1v) is 13.8. The van der Waals surface area contributed by atoms with Crippen molar-refractivity contribution in [3.05, 3.63) is 0 Å². The van der Waals surface area contributed by atoms with Crippen molar-refractivity contribution in [1.29, 1.82) is 0 Å². The maximum atomic E-state index is 3.43. The molecule has 0 heteroatoms. The summed E-state index contributed by atoms with van der Waals surface area (Å²) in [6.07, 6.45) is 32.1. The summed E-state index contributed by atoms with van der Waals surface area (Å²) in [6, 6.07) is 0. The van der Waals surface area contributed by atoms with E-state index in [0.717, 1.165) is 18.8 Å². The van der Waals surface area contributed by atoms with Crippen molar-refractivity contribution in [2.75, 3.05) is 0 Å². The van der Waals surface area contributed by atoms with Gasteiger partial charge in [0.1, 0.15) is 0 Å². The van der Waals surface area contributed by atoms with Gasteiger partial charge in [0, 0.05) is 12.8 Å². The molecule has 0 spiro atoms. The zero-order chi connectivity index (χ0) is 21.3. The summed E-state index contributed by atoms with van der Waals surface area (Å²) in [5.74, 6) is 7.72. The second kappa shape index (κ2) is 25.6. The maximum absolute atomic E-state index is 3.43. The van der Waals surface area contributed by atoms with Gasteiger partial charge < -0.3 is 0 Å². The Kier molecular flexibility index (Phi) is 25.2. The smallest absolute Gasteiger partial charge is 0.00912 e. The number of unbranched alkanes of at least 4 members (excludes halogenated alkanes) is 18. The van der Waals surface area contributed by atoms with E-state index in [1.54, 1.807) is 0 Å². The van der Waals surface area contributed by atoms with E-state index in [9.17, 15) is 0 Å². The molecule has 0 aromatic heterocycles. The van der Waals surface area contributed by atoms with Gasteiger partial charge >= 0.3 is 0 Å². The third-order valence-electron chi connectivity index (χ3n) is 6.34. The highest BCUT2D eigenvalue weighted by atomic mass is 14.1. The Bertz CT molecular complexity index is 345. The zero-order valence-corrected chi connectivity index (χ0v) is 20.8. The quantitative estimate of drug-likeness (QED) is 0.124. The summed E-state index contributed by atoms with van der Waals surface area (Å²) >= 11 is 0. The highest BCUT2D eigenvalue weighted by molar-refractivity contribution is 4.98. The molecule has 0 nitrogen and oxygen atoms in total. The Morgan fingerprint density at radius 1 is 0.414 bits per heavy atom. The molecule has 0 saturated carbocycles. The van der Waals surface area contributed by atoms with Gasteiger partial charge in [-0.15, -0.1) is 11.8 Å². The summed E-state index contributed by atoms with van der Waals surface area (Å²) < 4.78 is 0. The Balaban J connectivity index is 3.25. The zero-order valence-electron chi connectivity index (χ0n) is 20.8. The minimum Gasteiger partial charge on any atom is -0.103 e. The average molecular weight is 405 g/mol. The topological polar surface area (TPSA) is 0 Å². The van der Waals surface area contributed by atoms with E-state index in [1.807, 2.05) is 0 Å². The molecule has 1 atom stereocenters. The first-order chi connectivity index (χ1) is 14.3. The van der Waals surface area contributed by atoms with Crippen LogP contribution in [0.25, 0.3) is 0 Å². The lowest BCUT2D eigenvalue weighted by atomic mass is 9.97. The molecule has 1 unspecified atom stereocenters. The van der Waals surface area contributed by atoms with Crippen molar-refractivity contribution in [2.24, 2.45) is 5.92 Å². The summed E-state index contributed by atoms with van der Waals surface area (Å²) in [7, 11) is 0. The van der Waals surface area contributed by atoms with E-state index >= 15 is 0 Å². The molecule has 0 bridgehead atoms. The largest absolute Gasteiger partial charge is 0.103 e. The molecule has 0 heterocycles. The fourth-order valence-electron chi connectivity index (χ4n) is 4.14. The van der Waals surface area contributed by atoms with Crippen LogP contribution >= 0.6 is 0 Å². The van der Waals surface area contributed by atoms with Crippen LogP contribution in [0.3, 0.4) is 0 Å². The predicted octanol–water partition coefficient (Wildman–Crippen LogP) is 10.6. The molecule has 172 valence electrons. The van der Waals surface area contributed by atoms with Gasteiger partial charge in [-0.05, 0) is 18.8 Å². The van der Waals surface area contributed by atoms with Crippen molar-refractivity contribution < 1.29 is 0 Å². The Labute approximate surface area is 186 Å². The molecule has 0 rings (SSSR count). The lowest BCUT2D eigenvalue weighted by Gasteiger charge is -2.09. The van der Waals surface area contributed by atoms with E-state index in [2.05, 4.69) is 32.6 Å². The van der Waals surface area contributed by atoms with Crippen LogP contribution < -0.4 is 0 Å². The van der Waals surface area contributed by atoms with E-state index in [4.69, 9.17) is 0 Å². The van der Waals surface area contributed by atoms with Gasteiger partial charge in [0.2, 0.25) is 0 Å². The van der Waals surface area contributed by atoms with Crippen LogP contribution in [0, 0.1) is 17.8 Å². The molecule has 0 N–H and O–H groups in total. The van der Waals surface area contributed by atoms with Crippen LogP contribution in [0.5, 0.6) is 0 Å². The normalized spacial score (nSPS) is 12.0. The molecule has 0 amide bonds. The second-order valence-corrected chi connectivity index (χ2v) is 9.55. The van der Waals surface area contributed by atoms with Crippen LogP contribution in [0.4, 0.5) is 0 Å². The highest BCUT2D eigenvalue weighted by Crippen LogP contribution is 2.17. The molecule has 0 saturated heterocycles. The fraction of sp³-hybridized carbons (Fsp3) is 0.931. The predicted molar refractivity (Wildman–Crippen MR) is 134 cm³/mol. The lowest BCUT2D eigenvalue weighted by molar-refractivity contribution is 0.459. The fourth-order valence-corrected chi connectivity index (χ4v) is 4.14.